The Bertz CT molecular complexity index is 728. The largest absolute Gasteiger partial charge is 0.495 e. The number of ether oxygens (including phenoxy) is 2. The molecule has 6 nitrogen and oxygen atoms in total. The number of benzene rings is 2. The predicted molar refractivity (Wildman–Crippen MR) is 111 cm³/mol. The second kappa shape index (κ2) is 10.6. The summed E-state index contributed by atoms with van der Waals surface area (Å²) in [6.07, 6.45) is 1.71. The lowest BCUT2D eigenvalue weighted by Gasteiger charge is -2.36. The molecule has 28 heavy (non-hydrogen) atoms. The van der Waals surface area contributed by atoms with Gasteiger partial charge in [0.1, 0.15) is 11.5 Å². The fourth-order valence-corrected chi connectivity index (χ4v) is 3.44. The highest BCUT2D eigenvalue weighted by atomic mass is 16.5. The number of piperazine rings is 1. The maximum Gasteiger partial charge on any atom is 0.207 e. The van der Waals surface area contributed by atoms with Crippen molar-refractivity contribution in [1.82, 2.24) is 10.2 Å². The molecule has 6 heteroatoms. The molecule has 0 spiro atoms. The van der Waals surface area contributed by atoms with Crippen LogP contribution in [0.3, 0.4) is 0 Å². The van der Waals surface area contributed by atoms with E-state index in [9.17, 15) is 4.79 Å². The summed E-state index contributed by atoms with van der Waals surface area (Å²) >= 11 is 0. The Morgan fingerprint density at radius 2 is 1.79 bits per heavy atom. The van der Waals surface area contributed by atoms with Gasteiger partial charge < -0.3 is 19.7 Å². The molecule has 2 aromatic carbocycles. The number of anilines is 1. The number of nitrogens with one attached hydrogen (secondary N) is 1. The maximum atomic E-state index is 10.3. The Morgan fingerprint density at radius 1 is 1.04 bits per heavy atom. The normalized spacial score (nSPS) is 14.5. The lowest BCUT2D eigenvalue weighted by Crippen LogP contribution is -2.46. The zero-order valence-corrected chi connectivity index (χ0v) is 16.5. The Labute approximate surface area is 167 Å². The Hall–Kier alpha value is -2.73. The van der Waals surface area contributed by atoms with Gasteiger partial charge in [0.15, 0.2) is 0 Å². The molecule has 1 fully saturated rings. The number of hydrogen-bond acceptors (Lipinski definition) is 5. The first-order valence-corrected chi connectivity index (χ1v) is 9.79. The number of nitrogens with zero attached hydrogens (tertiary/aromatic N) is 2. The number of hydrogen-bond donors (Lipinski definition) is 1. The van der Waals surface area contributed by atoms with E-state index in [0.717, 1.165) is 56.2 Å². The molecule has 0 aromatic heterocycles. The van der Waals surface area contributed by atoms with Crippen molar-refractivity contribution >= 4 is 12.1 Å². The number of para-hydroxylation sites is 2. The van der Waals surface area contributed by atoms with Crippen LogP contribution < -0.4 is 19.7 Å². The van der Waals surface area contributed by atoms with Gasteiger partial charge in [-0.3, -0.25) is 9.69 Å². The first-order valence-electron chi connectivity index (χ1n) is 9.79. The lowest BCUT2D eigenvalue weighted by molar-refractivity contribution is -0.109. The first kappa shape index (κ1) is 20.0. The van der Waals surface area contributed by atoms with Gasteiger partial charge in [0.05, 0.1) is 19.4 Å². The number of rotatable bonds is 10. The average molecular weight is 383 g/mol. The molecule has 2 aromatic rings. The van der Waals surface area contributed by atoms with E-state index in [1.165, 1.54) is 5.69 Å². The van der Waals surface area contributed by atoms with Gasteiger partial charge in [0, 0.05) is 39.3 Å². The zero-order chi connectivity index (χ0) is 19.6. The first-order chi connectivity index (χ1) is 13.8. The third-order valence-electron chi connectivity index (χ3n) is 5.00. The van der Waals surface area contributed by atoms with E-state index in [1.807, 2.05) is 36.4 Å². The van der Waals surface area contributed by atoms with E-state index in [2.05, 4.69) is 27.2 Å². The molecule has 1 N–H and O–H groups in total. The van der Waals surface area contributed by atoms with Gasteiger partial charge in [-0.1, -0.05) is 24.3 Å². The van der Waals surface area contributed by atoms with Crippen molar-refractivity contribution in [3.8, 4) is 11.5 Å². The molecule has 0 atom stereocenters. The summed E-state index contributed by atoms with van der Waals surface area (Å²) < 4.78 is 11.3. The third kappa shape index (κ3) is 5.63. The van der Waals surface area contributed by atoms with Crippen molar-refractivity contribution in [2.75, 3.05) is 51.3 Å². The molecule has 150 valence electrons. The molecule has 0 saturated carbocycles. The van der Waals surface area contributed by atoms with Crippen molar-refractivity contribution in [3.63, 3.8) is 0 Å². The minimum Gasteiger partial charge on any atom is -0.495 e. The second-order valence-corrected chi connectivity index (χ2v) is 6.85. The van der Waals surface area contributed by atoms with E-state index < -0.39 is 0 Å². The summed E-state index contributed by atoms with van der Waals surface area (Å²) in [5.41, 5.74) is 2.24. The highest BCUT2D eigenvalue weighted by Crippen LogP contribution is 2.28. The van der Waals surface area contributed by atoms with E-state index in [1.54, 1.807) is 7.11 Å². The molecule has 1 heterocycles. The smallest absolute Gasteiger partial charge is 0.207 e. The van der Waals surface area contributed by atoms with Crippen LogP contribution in [0.1, 0.15) is 12.0 Å². The Morgan fingerprint density at radius 3 is 2.50 bits per heavy atom. The zero-order valence-electron chi connectivity index (χ0n) is 16.5. The fourth-order valence-electron chi connectivity index (χ4n) is 3.44. The topological polar surface area (TPSA) is 54.0 Å². The molecule has 1 aliphatic heterocycles. The van der Waals surface area contributed by atoms with Crippen LogP contribution in [-0.2, 0) is 11.3 Å². The Kier molecular flexibility index (Phi) is 7.55. The molecular formula is C22H29N3O3. The lowest BCUT2D eigenvalue weighted by atomic mass is 10.2. The van der Waals surface area contributed by atoms with Crippen LogP contribution in [0.4, 0.5) is 5.69 Å². The van der Waals surface area contributed by atoms with E-state index in [-0.39, 0.29) is 0 Å². The predicted octanol–water partition coefficient (Wildman–Crippen LogP) is 2.53. The summed E-state index contributed by atoms with van der Waals surface area (Å²) in [4.78, 5) is 15.2. The quantitative estimate of drug-likeness (QED) is 0.505. The number of amides is 1. The molecule has 1 amide bonds. The Balaban J connectivity index is 1.35. The highest BCUT2D eigenvalue weighted by Gasteiger charge is 2.19. The SMILES string of the molecule is COc1ccccc1N1CCN(CCCOc2ccc(CNC=O)cc2)CC1. The molecule has 0 bridgehead atoms. The van der Waals surface area contributed by atoms with Gasteiger partial charge >= 0.3 is 0 Å². The van der Waals surface area contributed by atoms with Crippen molar-refractivity contribution in [2.45, 2.75) is 13.0 Å². The van der Waals surface area contributed by atoms with E-state index >= 15 is 0 Å². The monoisotopic (exact) mass is 383 g/mol. The molecule has 0 aliphatic carbocycles. The molecule has 0 unspecified atom stereocenters. The van der Waals surface area contributed by atoms with Gasteiger partial charge in [-0.2, -0.15) is 0 Å². The molecule has 1 aliphatic rings. The average Bonchev–Trinajstić information content (AvgIpc) is 2.76. The third-order valence-corrected chi connectivity index (χ3v) is 5.00. The van der Waals surface area contributed by atoms with Crippen LogP contribution in [0, 0.1) is 0 Å². The summed E-state index contributed by atoms with van der Waals surface area (Å²) in [6.45, 7) is 6.42. The highest BCUT2D eigenvalue weighted by molar-refractivity contribution is 5.58. The van der Waals surface area contributed by atoms with Crippen LogP contribution in [0.2, 0.25) is 0 Å². The standard InChI is InChI=1S/C22H29N3O3/c1-27-22-6-3-2-5-21(22)25-14-12-24(13-15-25)11-4-16-28-20-9-7-19(8-10-20)17-23-18-26/h2-3,5-10,18H,4,11-17H2,1H3,(H,23,26). The van der Waals surface area contributed by atoms with Gasteiger partial charge in [-0.25, -0.2) is 0 Å². The maximum absolute atomic E-state index is 10.3. The van der Waals surface area contributed by atoms with Gasteiger partial charge in [-0.15, -0.1) is 0 Å². The van der Waals surface area contributed by atoms with Crippen molar-refractivity contribution in [2.24, 2.45) is 0 Å². The van der Waals surface area contributed by atoms with Gasteiger partial charge in [-0.05, 0) is 36.2 Å². The summed E-state index contributed by atoms with van der Waals surface area (Å²) in [5, 5.41) is 2.66. The van der Waals surface area contributed by atoms with E-state index in [0.29, 0.717) is 19.6 Å². The van der Waals surface area contributed by atoms with Crippen LogP contribution >= 0.6 is 0 Å². The summed E-state index contributed by atoms with van der Waals surface area (Å²) in [7, 11) is 1.73. The van der Waals surface area contributed by atoms with Gasteiger partial charge in [0.25, 0.3) is 0 Å². The van der Waals surface area contributed by atoms with Crippen LogP contribution in [0.25, 0.3) is 0 Å². The fraction of sp³-hybridized carbons (Fsp3) is 0.409. The number of methoxy groups -OCH3 is 1. The summed E-state index contributed by atoms with van der Waals surface area (Å²) in [6, 6.07) is 16.1. The van der Waals surface area contributed by atoms with Crippen molar-refractivity contribution < 1.29 is 14.3 Å². The van der Waals surface area contributed by atoms with E-state index in [4.69, 9.17) is 9.47 Å². The van der Waals surface area contributed by atoms with Crippen LogP contribution in [-0.4, -0.2) is 57.8 Å². The van der Waals surface area contributed by atoms with Gasteiger partial charge in [0.2, 0.25) is 6.41 Å². The van der Waals surface area contributed by atoms with Crippen LogP contribution in [0.15, 0.2) is 48.5 Å². The minimum atomic E-state index is 0.546. The second-order valence-electron chi connectivity index (χ2n) is 6.85. The molecule has 0 radical (unpaired) electrons. The minimum absolute atomic E-state index is 0.546. The summed E-state index contributed by atoms with van der Waals surface area (Å²) in [5.74, 6) is 1.81. The van der Waals surface area contributed by atoms with Crippen LogP contribution in [0.5, 0.6) is 11.5 Å². The van der Waals surface area contributed by atoms with Crippen molar-refractivity contribution in [1.29, 1.82) is 0 Å². The number of carbonyl (C=O) groups excluding carboxylic acids is 1. The molecule has 1 saturated heterocycles. The molecular weight excluding hydrogens is 354 g/mol. The molecule has 3 rings (SSSR count). The number of carbonyl (C=O) groups is 1. The van der Waals surface area contributed by atoms with Crippen molar-refractivity contribution in [3.05, 3.63) is 54.1 Å².